The van der Waals surface area contributed by atoms with Gasteiger partial charge >= 0.3 is 5.97 Å². The molecule has 1 amide bonds. The third-order valence-corrected chi connectivity index (χ3v) is 2.90. The second-order valence-electron chi connectivity index (χ2n) is 5.17. The van der Waals surface area contributed by atoms with Crippen LogP contribution in [0, 0.1) is 5.92 Å². The van der Waals surface area contributed by atoms with E-state index >= 15 is 0 Å². The van der Waals surface area contributed by atoms with Crippen molar-refractivity contribution in [1.29, 1.82) is 0 Å². The third-order valence-electron chi connectivity index (χ3n) is 2.90. The lowest BCUT2D eigenvalue weighted by Crippen LogP contribution is -2.36. The zero-order valence-corrected chi connectivity index (χ0v) is 12.5. The Hall–Kier alpha value is -2.24. The molecule has 116 valence electrons. The van der Waals surface area contributed by atoms with E-state index in [0.717, 1.165) is 0 Å². The molecule has 1 aromatic rings. The fourth-order valence-electron chi connectivity index (χ4n) is 1.93. The Morgan fingerprint density at radius 3 is 2.52 bits per heavy atom. The predicted octanol–water partition coefficient (Wildman–Crippen LogP) is 1.97. The first-order valence-electron chi connectivity index (χ1n) is 6.73. The van der Waals surface area contributed by atoms with Crippen molar-refractivity contribution in [3.63, 3.8) is 0 Å². The van der Waals surface area contributed by atoms with Gasteiger partial charge in [-0.2, -0.15) is 0 Å². The van der Waals surface area contributed by atoms with Gasteiger partial charge in [0.15, 0.2) is 0 Å². The number of ether oxygens (including phenoxy) is 1. The lowest BCUT2D eigenvalue weighted by atomic mass is 10.1. The molecule has 2 N–H and O–H groups in total. The van der Waals surface area contributed by atoms with Gasteiger partial charge in [-0.15, -0.1) is 0 Å². The van der Waals surface area contributed by atoms with Crippen LogP contribution in [0.3, 0.4) is 0 Å². The molecule has 0 aliphatic carbocycles. The van der Waals surface area contributed by atoms with Gasteiger partial charge in [-0.25, -0.2) is 0 Å². The molecule has 0 radical (unpaired) electrons. The van der Waals surface area contributed by atoms with Crippen LogP contribution < -0.4 is 4.74 Å². The van der Waals surface area contributed by atoms with Crippen LogP contribution in [0.4, 0.5) is 0 Å². The molecule has 0 unspecified atom stereocenters. The van der Waals surface area contributed by atoms with E-state index in [2.05, 4.69) is 0 Å². The summed E-state index contributed by atoms with van der Waals surface area (Å²) in [6.45, 7) is 4.39. The molecular formula is C15H21NO5. The summed E-state index contributed by atoms with van der Waals surface area (Å²) in [5.74, 6) is -0.868. The van der Waals surface area contributed by atoms with Crippen LogP contribution in [0.2, 0.25) is 0 Å². The molecule has 0 atom stereocenters. The topological polar surface area (TPSA) is 87.1 Å². The first-order chi connectivity index (χ1) is 9.85. The standard InChI is InChI=1S/C15H21NO5/c1-10(2)9-16(7-6-14(18)19)15(20)12-8-11(21-3)4-5-13(12)17/h4-5,8,10,17H,6-7,9H2,1-3H3,(H,18,19). The fourth-order valence-corrected chi connectivity index (χ4v) is 1.93. The largest absolute Gasteiger partial charge is 0.507 e. The minimum absolute atomic E-state index is 0.100. The minimum atomic E-state index is -0.966. The van der Waals surface area contributed by atoms with Gasteiger partial charge in [-0.3, -0.25) is 9.59 Å². The van der Waals surface area contributed by atoms with Gasteiger partial charge in [-0.05, 0) is 24.1 Å². The number of hydrogen-bond donors (Lipinski definition) is 2. The molecule has 0 fully saturated rings. The van der Waals surface area contributed by atoms with E-state index in [0.29, 0.717) is 12.3 Å². The smallest absolute Gasteiger partial charge is 0.305 e. The Bertz CT molecular complexity index is 513. The summed E-state index contributed by atoms with van der Waals surface area (Å²) in [5.41, 5.74) is 0.111. The summed E-state index contributed by atoms with van der Waals surface area (Å²) in [7, 11) is 1.47. The zero-order valence-electron chi connectivity index (χ0n) is 12.5. The van der Waals surface area contributed by atoms with Crippen molar-refractivity contribution in [2.45, 2.75) is 20.3 Å². The van der Waals surface area contributed by atoms with E-state index < -0.39 is 11.9 Å². The van der Waals surface area contributed by atoms with Crippen molar-refractivity contribution >= 4 is 11.9 Å². The summed E-state index contributed by atoms with van der Waals surface area (Å²) >= 11 is 0. The summed E-state index contributed by atoms with van der Waals surface area (Å²) in [4.78, 5) is 24.6. The van der Waals surface area contributed by atoms with Crippen molar-refractivity contribution in [1.82, 2.24) is 4.90 Å². The number of carbonyl (C=O) groups is 2. The Labute approximate surface area is 124 Å². The highest BCUT2D eigenvalue weighted by Gasteiger charge is 2.21. The average Bonchev–Trinajstić information content (AvgIpc) is 2.42. The summed E-state index contributed by atoms with van der Waals surface area (Å²) in [6.07, 6.45) is -0.136. The summed E-state index contributed by atoms with van der Waals surface area (Å²) in [5, 5.41) is 18.6. The highest BCUT2D eigenvalue weighted by Crippen LogP contribution is 2.24. The van der Waals surface area contributed by atoms with E-state index in [1.165, 1.54) is 24.1 Å². The summed E-state index contributed by atoms with van der Waals surface area (Å²) < 4.78 is 5.04. The van der Waals surface area contributed by atoms with Crippen molar-refractivity contribution in [3.05, 3.63) is 23.8 Å². The Morgan fingerprint density at radius 2 is 2.00 bits per heavy atom. The highest BCUT2D eigenvalue weighted by atomic mass is 16.5. The number of amides is 1. The van der Waals surface area contributed by atoms with Gasteiger partial charge in [0.25, 0.3) is 5.91 Å². The predicted molar refractivity (Wildman–Crippen MR) is 77.7 cm³/mol. The number of aromatic hydroxyl groups is 1. The van der Waals surface area contributed by atoms with Crippen LogP contribution in [0.25, 0.3) is 0 Å². The molecule has 0 aliphatic rings. The van der Waals surface area contributed by atoms with Crippen molar-refractivity contribution in [3.8, 4) is 11.5 Å². The average molecular weight is 295 g/mol. The Kier molecular flexibility index (Phi) is 6.02. The van der Waals surface area contributed by atoms with Crippen LogP contribution >= 0.6 is 0 Å². The Balaban J connectivity index is 3.00. The number of benzene rings is 1. The summed E-state index contributed by atoms with van der Waals surface area (Å²) in [6, 6.07) is 4.39. The minimum Gasteiger partial charge on any atom is -0.507 e. The van der Waals surface area contributed by atoms with Gasteiger partial charge in [0.1, 0.15) is 11.5 Å². The quantitative estimate of drug-likeness (QED) is 0.803. The molecule has 21 heavy (non-hydrogen) atoms. The molecule has 6 nitrogen and oxygen atoms in total. The molecule has 0 saturated carbocycles. The number of phenols is 1. The molecular weight excluding hydrogens is 274 g/mol. The zero-order chi connectivity index (χ0) is 16.0. The molecule has 0 bridgehead atoms. The highest BCUT2D eigenvalue weighted by molar-refractivity contribution is 5.97. The molecule has 1 aromatic carbocycles. The maximum Gasteiger partial charge on any atom is 0.305 e. The van der Waals surface area contributed by atoms with Gasteiger partial charge in [0.2, 0.25) is 0 Å². The Morgan fingerprint density at radius 1 is 1.33 bits per heavy atom. The maximum absolute atomic E-state index is 12.5. The van der Waals surface area contributed by atoms with E-state index in [1.807, 2.05) is 13.8 Å². The van der Waals surface area contributed by atoms with Crippen molar-refractivity contribution < 1.29 is 24.5 Å². The number of hydrogen-bond acceptors (Lipinski definition) is 4. The van der Waals surface area contributed by atoms with Crippen LogP contribution in [0.5, 0.6) is 11.5 Å². The molecule has 0 aromatic heterocycles. The number of aliphatic carboxylic acids is 1. The van der Waals surface area contributed by atoms with Crippen molar-refractivity contribution in [2.75, 3.05) is 20.2 Å². The normalized spacial score (nSPS) is 10.5. The number of rotatable bonds is 7. The van der Waals surface area contributed by atoms with Crippen LogP contribution in [-0.4, -0.2) is 47.2 Å². The van der Waals surface area contributed by atoms with Crippen molar-refractivity contribution in [2.24, 2.45) is 5.92 Å². The molecule has 0 heterocycles. The fraction of sp³-hybridized carbons (Fsp3) is 0.467. The van der Waals surface area contributed by atoms with E-state index in [9.17, 15) is 14.7 Å². The van der Waals surface area contributed by atoms with Gasteiger partial charge in [0.05, 0.1) is 19.1 Å². The second kappa shape index (κ2) is 7.52. The number of methoxy groups -OCH3 is 1. The monoisotopic (exact) mass is 295 g/mol. The second-order valence-corrected chi connectivity index (χ2v) is 5.17. The molecule has 0 spiro atoms. The number of carbonyl (C=O) groups excluding carboxylic acids is 1. The van der Waals surface area contributed by atoms with E-state index in [4.69, 9.17) is 9.84 Å². The van der Waals surface area contributed by atoms with E-state index in [1.54, 1.807) is 6.07 Å². The number of carboxylic acids is 1. The first-order valence-corrected chi connectivity index (χ1v) is 6.73. The maximum atomic E-state index is 12.5. The first kappa shape index (κ1) is 16.8. The number of carboxylic acid groups (broad SMARTS) is 1. The lowest BCUT2D eigenvalue weighted by Gasteiger charge is -2.24. The van der Waals surface area contributed by atoms with Crippen LogP contribution in [0.15, 0.2) is 18.2 Å². The SMILES string of the molecule is COc1ccc(O)c(C(=O)N(CCC(=O)O)CC(C)C)c1. The van der Waals surface area contributed by atoms with Gasteiger partial charge in [-0.1, -0.05) is 13.8 Å². The van der Waals surface area contributed by atoms with Gasteiger partial charge < -0.3 is 19.8 Å². The van der Waals surface area contributed by atoms with Gasteiger partial charge in [0, 0.05) is 13.1 Å². The molecule has 0 saturated heterocycles. The van der Waals surface area contributed by atoms with E-state index in [-0.39, 0.29) is 30.2 Å². The number of phenolic OH excluding ortho intramolecular Hbond substituents is 1. The molecule has 0 aliphatic heterocycles. The molecule has 1 rings (SSSR count). The molecule has 6 heteroatoms. The number of nitrogens with zero attached hydrogens (tertiary/aromatic N) is 1. The lowest BCUT2D eigenvalue weighted by molar-refractivity contribution is -0.137. The van der Waals surface area contributed by atoms with Crippen LogP contribution in [-0.2, 0) is 4.79 Å². The van der Waals surface area contributed by atoms with Crippen LogP contribution in [0.1, 0.15) is 30.6 Å². The third kappa shape index (κ3) is 4.98.